The first kappa shape index (κ1) is 18.5. The molecule has 0 saturated carbocycles. The van der Waals surface area contributed by atoms with Crippen molar-refractivity contribution < 1.29 is 17.9 Å². The van der Waals surface area contributed by atoms with E-state index in [4.69, 9.17) is 4.74 Å². The number of rotatable bonds is 6. The number of para-hydroxylation sites is 2. The lowest BCUT2D eigenvalue weighted by Gasteiger charge is -2.35. The Morgan fingerprint density at radius 1 is 1.21 bits per heavy atom. The summed E-state index contributed by atoms with van der Waals surface area (Å²) in [6, 6.07) is 6.80. The maximum atomic E-state index is 12.6. The largest absolute Gasteiger partial charge is 0.495 e. The Kier molecular flexibility index (Phi) is 6.06. The summed E-state index contributed by atoms with van der Waals surface area (Å²) in [5, 5.41) is 0. The monoisotopic (exact) mass is 355 g/mol. The van der Waals surface area contributed by atoms with Gasteiger partial charge in [-0.15, -0.1) is 0 Å². The van der Waals surface area contributed by atoms with Crippen LogP contribution in [0.15, 0.2) is 24.3 Å². The van der Waals surface area contributed by atoms with Crippen LogP contribution in [0.5, 0.6) is 5.75 Å². The lowest BCUT2D eigenvalue weighted by molar-refractivity contribution is -0.131. The number of carbonyl (C=O) groups excluding carboxylic acids is 1. The number of anilines is 1. The molecule has 1 saturated heterocycles. The van der Waals surface area contributed by atoms with E-state index in [0.29, 0.717) is 24.5 Å². The van der Waals surface area contributed by atoms with E-state index in [2.05, 4.69) is 11.8 Å². The third-order valence-corrected chi connectivity index (χ3v) is 5.33. The molecule has 0 unspecified atom stereocenters. The van der Waals surface area contributed by atoms with Crippen LogP contribution in [0.4, 0.5) is 5.69 Å². The lowest BCUT2D eigenvalue weighted by Crippen LogP contribution is -2.51. The van der Waals surface area contributed by atoms with Crippen LogP contribution in [0, 0.1) is 0 Å². The number of hydrogen-bond donors (Lipinski definition) is 0. The van der Waals surface area contributed by atoms with Gasteiger partial charge in [-0.05, 0) is 18.7 Å². The maximum absolute atomic E-state index is 12.6. The second-order valence-corrected chi connectivity index (χ2v) is 7.66. The van der Waals surface area contributed by atoms with E-state index in [-0.39, 0.29) is 12.5 Å². The molecule has 1 aromatic carbocycles. The van der Waals surface area contributed by atoms with Crippen LogP contribution in [-0.4, -0.2) is 76.8 Å². The van der Waals surface area contributed by atoms with Gasteiger partial charge < -0.3 is 14.5 Å². The molecular weight excluding hydrogens is 330 g/mol. The summed E-state index contributed by atoms with van der Waals surface area (Å²) in [6.07, 6.45) is 1.10. The maximum Gasteiger partial charge on any atom is 0.243 e. The van der Waals surface area contributed by atoms with Gasteiger partial charge in [0.15, 0.2) is 0 Å². The van der Waals surface area contributed by atoms with Crippen LogP contribution in [0.3, 0.4) is 0 Å². The standard InChI is InChI=1S/C16H25N3O4S/c1-4-17-9-11-18(12-10-17)16(20)13-19(24(3,21)22)14-7-5-6-8-15(14)23-2/h5-8H,4,9-13H2,1-3H3. The molecule has 1 aromatic rings. The average Bonchev–Trinajstić information content (AvgIpc) is 2.58. The smallest absolute Gasteiger partial charge is 0.243 e. The molecule has 0 aromatic heterocycles. The number of likely N-dealkylation sites (N-methyl/N-ethyl adjacent to an activating group) is 1. The fourth-order valence-corrected chi connectivity index (χ4v) is 3.61. The van der Waals surface area contributed by atoms with Gasteiger partial charge in [-0.1, -0.05) is 19.1 Å². The van der Waals surface area contributed by atoms with Gasteiger partial charge >= 0.3 is 0 Å². The zero-order chi connectivity index (χ0) is 17.7. The molecule has 0 spiro atoms. The van der Waals surface area contributed by atoms with Gasteiger partial charge in [0, 0.05) is 26.2 Å². The highest BCUT2D eigenvalue weighted by Gasteiger charge is 2.27. The van der Waals surface area contributed by atoms with Crippen LogP contribution in [0.1, 0.15) is 6.92 Å². The fraction of sp³-hybridized carbons (Fsp3) is 0.562. The third kappa shape index (κ3) is 4.39. The van der Waals surface area contributed by atoms with Gasteiger partial charge in [-0.25, -0.2) is 8.42 Å². The Labute approximate surface area is 143 Å². The third-order valence-electron chi connectivity index (χ3n) is 4.21. The highest BCUT2D eigenvalue weighted by atomic mass is 32.2. The molecule has 8 heteroatoms. The van der Waals surface area contributed by atoms with Gasteiger partial charge in [0.25, 0.3) is 0 Å². The number of nitrogens with zero attached hydrogens (tertiary/aromatic N) is 3. The number of amides is 1. The van der Waals surface area contributed by atoms with Crippen molar-refractivity contribution >= 4 is 21.6 Å². The normalized spacial score (nSPS) is 16.0. The summed E-state index contributed by atoms with van der Waals surface area (Å²) in [5.41, 5.74) is 0.378. The van der Waals surface area contributed by atoms with Gasteiger partial charge in [0.1, 0.15) is 12.3 Å². The first-order valence-electron chi connectivity index (χ1n) is 7.97. The SMILES string of the molecule is CCN1CCN(C(=O)CN(c2ccccc2OC)S(C)(=O)=O)CC1. The van der Waals surface area contributed by atoms with E-state index in [1.54, 1.807) is 29.2 Å². The predicted molar refractivity (Wildman–Crippen MR) is 93.9 cm³/mol. The summed E-state index contributed by atoms with van der Waals surface area (Å²) in [6.45, 7) is 5.70. The van der Waals surface area contributed by atoms with Gasteiger partial charge in [-0.2, -0.15) is 0 Å². The minimum Gasteiger partial charge on any atom is -0.495 e. The second kappa shape index (κ2) is 7.85. The van der Waals surface area contributed by atoms with Gasteiger partial charge in [-0.3, -0.25) is 9.10 Å². The van der Waals surface area contributed by atoms with Crippen LogP contribution >= 0.6 is 0 Å². The number of carbonyl (C=O) groups is 1. The van der Waals surface area contributed by atoms with E-state index in [0.717, 1.165) is 30.2 Å². The highest BCUT2D eigenvalue weighted by Crippen LogP contribution is 2.29. The summed E-state index contributed by atoms with van der Waals surface area (Å²) in [5.74, 6) is 0.230. The number of hydrogen-bond acceptors (Lipinski definition) is 5. The van der Waals surface area contributed by atoms with Crippen molar-refractivity contribution in [1.29, 1.82) is 0 Å². The Bertz CT molecular complexity index is 670. The fourth-order valence-electron chi connectivity index (χ4n) is 2.75. The van der Waals surface area contributed by atoms with Crippen LogP contribution < -0.4 is 9.04 Å². The minimum absolute atomic E-state index is 0.193. The Morgan fingerprint density at radius 3 is 2.38 bits per heavy atom. The van der Waals surface area contributed by atoms with Crippen molar-refractivity contribution in [1.82, 2.24) is 9.80 Å². The van der Waals surface area contributed by atoms with Gasteiger partial charge in [0.05, 0.1) is 19.1 Å². The molecule has 7 nitrogen and oxygen atoms in total. The second-order valence-electron chi connectivity index (χ2n) is 5.76. The Morgan fingerprint density at radius 2 is 1.83 bits per heavy atom. The molecule has 0 N–H and O–H groups in total. The first-order chi connectivity index (χ1) is 11.4. The van der Waals surface area contributed by atoms with Crippen molar-refractivity contribution in [3.8, 4) is 5.75 Å². The molecule has 1 amide bonds. The molecule has 0 radical (unpaired) electrons. The average molecular weight is 355 g/mol. The summed E-state index contributed by atoms with van der Waals surface area (Å²) in [7, 11) is -2.13. The minimum atomic E-state index is -3.60. The highest BCUT2D eigenvalue weighted by molar-refractivity contribution is 7.92. The molecule has 1 aliphatic heterocycles. The summed E-state index contributed by atoms with van der Waals surface area (Å²) < 4.78 is 30.8. The van der Waals surface area contributed by atoms with Crippen molar-refractivity contribution in [3.05, 3.63) is 24.3 Å². The van der Waals surface area contributed by atoms with Crippen LogP contribution in [0.25, 0.3) is 0 Å². The van der Waals surface area contributed by atoms with E-state index < -0.39 is 10.0 Å². The van der Waals surface area contributed by atoms with Crippen molar-refractivity contribution in [2.24, 2.45) is 0 Å². The number of ether oxygens (including phenoxy) is 1. The quantitative estimate of drug-likeness (QED) is 0.748. The zero-order valence-corrected chi connectivity index (χ0v) is 15.3. The molecule has 0 bridgehead atoms. The molecule has 134 valence electrons. The molecule has 1 fully saturated rings. The number of piperazine rings is 1. The van der Waals surface area contributed by atoms with E-state index in [9.17, 15) is 13.2 Å². The molecule has 1 aliphatic rings. The Hall–Kier alpha value is -1.80. The number of sulfonamides is 1. The summed E-state index contributed by atoms with van der Waals surface area (Å²) >= 11 is 0. The van der Waals surface area contributed by atoms with Gasteiger partial charge in [0.2, 0.25) is 15.9 Å². The van der Waals surface area contributed by atoms with E-state index in [1.165, 1.54) is 7.11 Å². The molecule has 0 aliphatic carbocycles. The predicted octanol–water partition coefficient (Wildman–Crippen LogP) is 0.625. The lowest BCUT2D eigenvalue weighted by atomic mass is 10.2. The zero-order valence-electron chi connectivity index (χ0n) is 14.4. The Balaban J connectivity index is 2.17. The molecular formula is C16H25N3O4S. The molecule has 1 heterocycles. The van der Waals surface area contributed by atoms with E-state index in [1.807, 2.05) is 0 Å². The molecule has 2 rings (SSSR count). The number of methoxy groups -OCH3 is 1. The first-order valence-corrected chi connectivity index (χ1v) is 9.82. The van der Waals surface area contributed by atoms with Crippen LogP contribution in [0.2, 0.25) is 0 Å². The number of benzene rings is 1. The summed E-state index contributed by atoms with van der Waals surface area (Å²) in [4.78, 5) is 16.6. The topological polar surface area (TPSA) is 70.2 Å². The molecule has 0 atom stereocenters. The van der Waals surface area contributed by atoms with Crippen molar-refractivity contribution in [2.45, 2.75) is 6.92 Å². The molecule has 24 heavy (non-hydrogen) atoms. The van der Waals surface area contributed by atoms with Crippen molar-refractivity contribution in [2.75, 3.05) is 56.9 Å². The van der Waals surface area contributed by atoms with E-state index >= 15 is 0 Å². The van der Waals surface area contributed by atoms with Crippen molar-refractivity contribution in [3.63, 3.8) is 0 Å². The van der Waals surface area contributed by atoms with Crippen LogP contribution in [-0.2, 0) is 14.8 Å².